The number of carboxylic acid groups (broad SMARTS) is 1. The van der Waals surface area contributed by atoms with E-state index in [9.17, 15) is 9.90 Å². The standard InChI is InChI=1S/C9H10O5/c1-14-8-3-7(11)6(9(12)13)2-5(8)4-10/h2-3,10-11H,4H2,1H3,(H,12,13). The predicted molar refractivity (Wildman–Crippen MR) is 47.5 cm³/mol. The van der Waals surface area contributed by atoms with Crippen LogP contribution in [0.1, 0.15) is 15.9 Å². The Labute approximate surface area is 80.2 Å². The van der Waals surface area contributed by atoms with E-state index < -0.39 is 5.97 Å². The Kier molecular flexibility index (Phi) is 2.93. The molecule has 0 spiro atoms. The Hall–Kier alpha value is -1.75. The summed E-state index contributed by atoms with van der Waals surface area (Å²) >= 11 is 0. The number of methoxy groups -OCH3 is 1. The van der Waals surface area contributed by atoms with Crippen molar-refractivity contribution in [3.05, 3.63) is 23.3 Å². The van der Waals surface area contributed by atoms with Crippen LogP contribution in [0.2, 0.25) is 0 Å². The first-order valence-corrected chi connectivity index (χ1v) is 3.84. The van der Waals surface area contributed by atoms with Gasteiger partial charge in [0.1, 0.15) is 17.1 Å². The number of ether oxygens (including phenoxy) is 1. The molecule has 1 rings (SSSR count). The first-order chi connectivity index (χ1) is 6.60. The van der Waals surface area contributed by atoms with Gasteiger partial charge in [0, 0.05) is 11.6 Å². The molecule has 0 heterocycles. The van der Waals surface area contributed by atoms with Gasteiger partial charge in [-0.2, -0.15) is 0 Å². The molecule has 5 heteroatoms. The van der Waals surface area contributed by atoms with Crippen LogP contribution in [0.25, 0.3) is 0 Å². The fourth-order valence-electron chi connectivity index (χ4n) is 1.10. The molecule has 0 saturated heterocycles. The zero-order valence-corrected chi connectivity index (χ0v) is 7.52. The Bertz CT molecular complexity index is 358. The molecule has 5 nitrogen and oxygen atoms in total. The molecular weight excluding hydrogens is 188 g/mol. The first kappa shape index (κ1) is 10.3. The van der Waals surface area contributed by atoms with Crippen molar-refractivity contribution < 1.29 is 24.9 Å². The number of aromatic hydroxyl groups is 1. The second-order valence-corrected chi connectivity index (χ2v) is 2.64. The second kappa shape index (κ2) is 3.97. The summed E-state index contributed by atoms with van der Waals surface area (Å²) in [6.07, 6.45) is 0. The summed E-state index contributed by atoms with van der Waals surface area (Å²) in [5, 5.41) is 26.8. The quantitative estimate of drug-likeness (QED) is 0.661. The number of aliphatic hydroxyl groups excluding tert-OH is 1. The highest BCUT2D eigenvalue weighted by molar-refractivity contribution is 5.91. The van der Waals surface area contributed by atoms with Gasteiger partial charge >= 0.3 is 5.97 Å². The summed E-state index contributed by atoms with van der Waals surface area (Å²) in [4.78, 5) is 10.6. The number of hydrogen-bond donors (Lipinski definition) is 3. The Morgan fingerprint density at radius 1 is 1.50 bits per heavy atom. The number of hydrogen-bond acceptors (Lipinski definition) is 4. The molecule has 14 heavy (non-hydrogen) atoms. The molecular formula is C9H10O5. The third kappa shape index (κ3) is 1.77. The van der Waals surface area contributed by atoms with Crippen LogP contribution in [0, 0.1) is 0 Å². The summed E-state index contributed by atoms with van der Waals surface area (Å²) < 4.78 is 4.84. The monoisotopic (exact) mass is 198 g/mol. The number of rotatable bonds is 3. The highest BCUT2D eigenvalue weighted by Crippen LogP contribution is 2.28. The van der Waals surface area contributed by atoms with Crippen LogP contribution in [0.4, 0.5) is 0 Å². The Morgan fingerprint density at radius 2 is 2.14 bits per heavy atom. The van der Waals surface area contributed by atoms with Gasteiger partial charge in [-0.15, -0.1) is 0 Å². The average molecular weight is 198 g/mol. The van der Waals surface area contributed by atoms with Crippen LogP contribution >= 0.6 is 0 Å². The number of phenols is 1. The smallest absolute Gasteiger partial charge is 0.339 e. The minimum Gasteiger partial charge on any atom is -0.507 e. The van der Waals surface area contributed by atoms with Crippen LogP contribution in [0.5, 0.6) is 11.5 Å². The zero-order valence-electron chi connectivity index (χ0n) is 7.52. The molecule has 0 saturated carbocycles. The molecule has 0 aliphatic carbocycles. The zero-order chi connectivity index (χ0) is 10.7. The largest absolute Gasteiger partial charge is 0.507 e. The number of aromatic carboxylic acids is 1. The molecule has 0 bridgehead atoms. The van der Waals surface area contributed by atoms with Crippen molar-refractivity contribution >= 4 is 5.97 Å². The molecule has 0 aliphatic rings. The summed E-state index contributed by atoms with van der Waals surface area (Å²) in [7, 11) is 1.37. The van der Waals surface area contributed by atoms with Crippen molar-refractivity contribution in [3.63, 3.8) is 0 Å². The molecule has 1 aromatic carbocycles. The van der Waals surface area contributed by atoms with Crippen LogP contribution in [-0.4, -0.2) is 28.4 Å². The SMILES string of the molecule is COc1cc(O)c(C(=O)O)cc1CO. The number of carbonyl (C=O) groups is 1. The third-order valence-corrected chi connectivity index (χ3v) is 1.80. The second-order valence-electron chi connectivity index (χ2n) is 2.64. The van der Waals surface area contributed by atoms with E-state index in [4.69, 9.17) is 14.9 Å². The third-order valence-electron chi connectivity index (χ3n) is 1.80. The van der Waals surface area contributed by atoms with Gasteiger partial charge in [-0.3, -0.25) is 0 Å². The van der Waals surface area contributed by atoms with Crippen molar-refractivity contribution in [3.8, 4) is 11.5 Å². The highest BCUT2D eigenvalue weighted by Gasteiger charge is 2.14. The van der Waals surface area contributed by atoms with Gasteiger partial charge in [0.15, 0.2) is 0 Å². The lowest BCUT2D eigenvalue weighted by Gasteiger charge is -2.08. The van der Waals surface area contributed by atoms with Crippen molar-refractivity contribution in [1.29, 1.82) is 0 Å². The van der Waals surface area contributed by atoms with Crippen molar-refractivity contribution in [2.75, 3.05) is 7.11 Å². The lowest BCUT2D eigenvalue weighted by atomic mass is 10.1. The lowest BCUT2D eigenvalue weighted by molar-refractivity contribution is 0.0693. The minimum atomic E-state index is -1.25. The first-order valence-electron chi connectivity index (χ1n) is 3.84. The van der Waals surface area contributed by atoms with Crippen LogP contribution < -0.4 is 4.74 Å². The van der Waals surface area contributed by atoms with E-state index in [1.807, 2.05) is 0 Å². The summed E-state index contributed by atoms with van der Waals surface area (Å²) in [6, 6.07) is 2.34. The normalized spacial score (nSPS) is 9.86. The molecule has 3 N–H and O–H groups in total. The maximum absolute atomic E-state index is 10.6. The molecule has 0 amide bonds. The van der Waals surface area contributed by atoms with E-state index in [2.05, 4.69) is 0 Å². The Balaban J connectivity index is 3.30. The fraction of sp³-hybridized carbons (Fsp3) is 0.222. The van der Waals surface area contributed by atoms with Crippen molar-refractivity contribution in [2.24, 2.45) is 0 Å². The molecule has 0 atom stereocenters. The lowest BCUT2D eigenvalue weighted by Crippen LogP contribution is -2.00. The Morgan fingerprint density at radius 3 is 2.57 bits per heavy atom. The van der Waals surface area contributed by atoms with E-state index in [1.165, 1.54) is 13.2 Å². The molecule has 0 fully saturated rings. The van der Waals surface area contributed by atoms with Crippen LogP contribution in [-0.2, 0) is 6.61 Å². The number of carboxylic acids is 1. The van der Waals surface area contributed by atoms with E-state index in [-0.39, 0.29) is 23.7 Å². The van der Waals surface area contributed by atoms with Gasteiger partial charge in [0.25, 0.3) is 0 Å². The van der Waals surface area contributed by atoms with E-state index >= 15 is 0 Å². The topological polar surface area (TPSA) is 87.0 Å². The van der Waals surface area contributed by atoms with Crippen LogP contribution in [0.15, 0.2) is 12.1 Å². The number of benzene rings is 1. The molecule has 0 radical (unpaired) electrons. The molecule has 0 unspecified atom stereocenters. The van der Waals surface area contributed by atoms with Crippen molar-refractivity contribution in [1.82, 2.24) is 0 Å². The molecule has 0 aliphatic heterocycles. The van der Waals surface area contributed by atoms with Gasteiger partial charge in [0.2, 0.25) is 0 Å². The van der Waals surface area contributed by atoms with Gasteiger partial charge in [0.05, 0.1) is 13.7 Å². The van der Waals surface area contributed by atoms with Gasteiger partial charge in [-0.05, 0) is 6.07 Å². The van der Waals surface area contributed by atoms with Gasteiger partial charge in [-0.1, -0.05) is 0 Å². The summed E-state index contributed by atoms with van der Waals surface area (Å²) in [6.45, 7) is -0.344. The minimum absolute atomic E-state index is 0.255. The van der Waals surface area contributed by atoms with Crippen molar-refractivity contribution in [2.45, 2.75) is 6.61 Å². The van der Waals surface area contributed by atoms with E-state index in [0.717, 1.165) is 6.07 Å². The summed E-state index contributed by atoms with van der Waals surface area (Å²) in [5.74, 6) is -1.37. The van der Waals surface area contributed by atoms with Gasteiger partial charge in [-0.25, -0.2) is 4.79 Å². The summed E-state index contributed by atoms with van der Waals surface area (Å²) in [5.41, 5.74) is 0.0672. The molecule has 76 valence electrons. The predicted octanol–water partition coefficient (Wildman–Crippen LogP) is 0.591. The maximum Gasteiger partial charge on any atom is 0.339 e. The van der Waals surface area contributed by atoms with Crippen LogP contribution in [0.3, 0.4) is 0 Å². The van der Waals surface area contributed by atoms with E-state index in [0.29, 0.717) is 5.56 Å². The maximum atomic E-state index is 10.6. The van der Waals surface area contributed by atoms with Gasteiger partial charge < -0.3 is 20.1 Å². The number of aliphatic hydroxyl groups is 1. The average Bonchev–Trinajstić information content (AvgIpc) is 2.16. The van der Waals surface area contributed by atoms with E-state index in [1.54, 1.807) is 0 Å². The fourth-order valence-corrected chi connectivity index (χ4v) is 1.10. The highest BCUT2D eigenvalue weighted by atomic mass is 16.5. The molecule has 1 aromatic rings. The molecule has 0 aromatic heterocycles.